The zero-order chi connectivity index (χ0) is 35.9. The van der Waals surface area contributed by atoms with Crippen LogP contribution >= 0.6 is 0 Å². The zero-order valence-corrected chi connectivity index (χ0v) is 30.6. The zero-order valence-electron chi connectivity index (χ0n) is 30.6. The van der Waals surface area contributed by atoms with Crippen LogP contribution in [0, 0.1) is 5.41 Å². The van der Waals surface area contributed by atoms with Gasteiger partial charge >= 0.3 is 5.97 Å². The van der Waals surface area contributed by atoms with Crippen molar-refractivity contribution in [2.45, 2.75) is 85.5 Å². The number of rotatable bonds is 20. The van der Waals surface area contributed by atoms with Gasteiger partial charge in [-0.2, -0.15) is 0 Å². The van der Waals surface area contributed by atoms with E-state index in [0.29, 0.717) is 30.8 Å². The van der Waals surface area contributed by atoms with Crippen LogP contribution in [0.4, 0.5) is 0 Å². The van der Waals surface area contributed by atoms with Gasteiger partial charge in [-0.05, 0) is 101 Å². The van der Waals surface area contributed by atoms with Crippen LogP contribution in [-0.2, 0) is 28.8 Å². The number of carbonyl (C=O) groups is 1. The van der Waals surface area contributed by atoms with E-state index in [2.05, 4.69) is 99.3 Å². The van der Waals surface area contributed by atoms with Gasteiger partial charge in [-0.1, -0.05) is 119 Å². The lowest BCUT2D eigenvalue weighted by molar-refractivity contribution is -0.138. The second kappa shape index (κ2) is 19.3. The van der Waals surface area contributed by atoms with Crippen molar-refractivity contribution in [2.24, 2.45) is 5.41 Å². The summed E-state index contributed by atoms with van der Waals surface area (Å²) in [4.78, 5) is 12.1. The first-order valence-electron chi connectivity index (χ1n) is 18.4. The molecule has 0 saturated carbocycles. The van der Waals surface area contributed by atoms with Crippen LogP contribution in [0.15, 0.2) is 97.1 Å². The lowest BCUT2D eigenvalue weighted by atomic mass is 9.82. The van der Waals surface area contributed by atoms with E-state index in [1.165, 1.54) is 52.6 Å². The summed E-state index contributed by atoms with van der Waals surface area (Å²) >= 11 is 0. The molecule has 50 heavy (non-hydrogen) atoms. The molecule has 0 amide bonds. The van der Waals surface area contributed by atoms with E-state index in [1.807, 2.05) is 13.0 Å². The van der Waals surface area contributed by atoms with Gasteiger partial charge in [-0.25, -0.2) is 4.79 Å². The molecule has 0 saturated heterocycles. The van der Waals surface area contributed by atoms with Gasteiger partial charge in [0.2, 0.25) is 0 Å². The average molecular weight is 677 g/mol. The molecule has 0 aliphatic rings. The Balaban J connectivity index is 1.54. The van der Waals surface area contributed by atoms with Crippen molar-refractivity contribution in [3.63, 3.8) is 0 Å². The summed E-state index contributed by atoms with van der Waals surface area (Å²) in [5.41, 5.74) is 10.4. The van der Waals surface area contributed by atoms with Crippen LogP contribution in [0.5, 0.6) is 5.75 Å². The summed E-state index contributed by atoms with van der Waals surface area (Å²) in [5, 5.41) is 20.0. The molecule has 4 rings (SSSR count). The SMILES string of the molecule is C=C(C)C(=O)OCCc1cc(-c2ccc(-c3ccc(-c4ccc(CCCCC)cc4)cc3)cc2CC)ccc1OCCC(CO)(CO)CCC. The highest BCUT2D eigenvalue weighted by Crippen LogP contribution is 2.34. The summed E-state index contributed by atoms with van der Waals surface area (Å²) in [6, 6.07) is 30.7. The highest BCUT2D eigenvalue weighted by molar-refractivity contribution is 5.87. The average Bonchev–Trinajstić information content (AvgIpc) is 3.15. The number of aryl methyl sites for hydroxylation is 2. The molecule has 0 aromatic heterocycles. The van der Waals surface area contributed by atoms with Crippen molar-refractivity contribution in [1.29, 1.82) is 0 Å². The Morgan fingerprint density at radius 2 is 1.28 bits per heavy atom. The molecule has 0 radical (unpaired) electrons. The number of carbonyl (C=O) groups excluding carboxylic acids is 1. The number of esters is 1. The van der Waals surface area contributed by atoms with Crippen molar-refractivity contribution >= 4 is 5.97 Å². The maximum Gasteiger partial charge on any atom is 0.333 e. The van der Waals surface area contributed by atoms with Crippen LogP contribution in [0.25, 0.3) is 33.4 Å². The number of aliphatic hydroxyl groups excluding tert-OH is 2. The van der Waals surface area contributed by atoms with Crippen molar-refractivity contribution in [1.82, 2.24) is 0 Å². The lowest BCUT2D eigenvalue weighted by Crippen LogP contribution is -2.31. The number of ether oxygens (including phenoxy) is 2. The van der Waals surface area contributed by atoms with Gasteiger partial charge in [0.25, 0.3) is 0 Å². The molecule has 0 bridgehead atoms. The largest absolute Gasteiger partial charge is 0.493 e. The van der Waals surface area contributed by atoms with E-state index in [9.17, 15) is 15.0 Å². The smallest absolute Gasteiger partial charge is 0.333 e. The number of benzene rings is 4. The fraction of sp³-hybridized carbons (Fsp3) is 0.400. The third kappa shape index (κ3) is 10.4. The third-order valence-electron chi connectivity index (χ3n) is 9.73. The predicted molar refractivity (Wildman–Crippen MR) is 206 cm³/mol. The lowest BCUT2D eigenvalue weighted by Gasteiger charge is -2.29. The minimum Gasteiger partial charge on any atom is -0.493 e. The molecule has 0 heterocycles. The van der Waals surface area contributed by atoms with Crippen LogP contribution in [0.1, 0.15) is 82.9 Å². The fourth-order valence-corrected chi connectivity index (χ4v) is 6.50. The molecular weight excluding hydrogens is 620 g/mol. The van der Waals surface area contributed by atoms with Gasteiger partial charge in [0, 0.05) is 17.4 Å². The van der Waals surface area contributed by atoms with Crippen molar-refractivity contribution < 1.29 is 24.5 Å². The fourth-order valence-electron chi connectivity index (χ4n) is 6.50. The number of aliphatic hydroxyl groups is 2. The molecule has 0 aliphatic carbocycles. The summed E-state index contributed by atoms with van der Waals surface area (Å²) in [5.74, 6) is 0.300. The summed E-state index contributed by atoms with van der Waals surface area (Å²) in [6.07, 6.45) is 8.39. The monoisotopic (exact) mass is 676 g/mol. The molecule has 5 nitrogen and oxygen atoms in total. The van der Waals surface area contributed by atoms with E-state index in [1.54, 1.807) is 6.92 Å². The van der Waals surface area contributed by atoms with Crippen LogP contribution in [-0.4, -0.2) is 42.6 Å². The van der Waals surface area contributed by atoms with E-state index < -0.39 is 11.4 Å². The van der Waals surface area contributed by atoms with E-state index in [-0.39, 0.29) is 19.8 Å². The molecule has 0 aliphatic heterocycles. The van der Waals surface area contributed by atoms with Gasteiger partial charge < -0.3 is 19.7 Å². The molecule has 0 fully saturated rings. The van der Waals surface area contributed by atoms with Crippen molar-refractivity contribution in [3.05, 3.63) is 114 Å². The standard InChI is InChI=1S/C45H56O5/c1-6-9-10-11-34-12-14-36(15-13-34)37-16-18-38(19-17-37)39-20-22-42(35(8-3)29-39)40-21-23-43(41(30-40)24-27-50-44(48)33(4)5)49-28-26-45(31-46,32-47)25-7-2/h12-23,29-30,46-47H,4,6-11,24-28,31-32H2,1-3,5H3. The first kappa shape index (κ1) is 38.6. The molecule has 0 spiro atoms. The highest BCUT2D eigenvalue weighted by Gasteiger charge is 2.28. The van der Waals surface area contributed by atoms with Gasteiger partial charge in [0.1, 0.15) is 5.75 Å². The molecule has 5 heteroatoms. The van der Waals surface area contributed by atoms with Gasteiger partial charge in [0.05, 0.1) is 26.4 Å². The number of unbranched alkanes of at least 4 members (excludes halogenated alkanes) is 2. The van der Waals surface area contributed by atoms with Gasteiger partial charge in [-0.3, -0.25) is 0 Å². The minimum absolute atomic E-state index is 0.0870. The third-order valence-corrected chi connectivity index (χ3v) is 9.73. The summed E-state index contributed by atoms with van der Waals surface area (Å²) in [7, 11) is 0. The molecule has 2 N–H and O–H groups in total. The first-order valence-corrected chi connectivity index (χ1v) is 18.4. The Morgan fingerprint density at radius 1 is 0.680 bits per heavy atom. The first-order chi connectivity index (χ1) is 24.3. The Kier molecular flexibility index (Phi) is 14.9. The topological polar surface area (TPSA) is 76.0 Å². The maximum atomic E-state index is 12.1. The molecular formula is C45H56O5. The Labute approximate surface area is 300 Å². The minimum atomic E-state index is -0.566. The molecule has 0 atom stereocenters. The maximum absolute atomic E-state index is 12.1. The molecule has 4 aromatic rings. The van der Waals surface area contributed by atoms with E-state index in [0.717, 1.165) is 42.4 Å². The quantitative estimate of drug-likeness (QED) is 0.0554. The van der Waals surface area contributed by atoms with E-state index >= 15 is 0 Å². The molecule has 0 unspecified atom stereocenters. The normalized spacial score (nSPS) is 11.4. The molecule has 4 aromatic carbocycles. The van der Waals surface area contributed by atoms with Crippen molar-refractivity contribution in [2.75, 3.05) is 26.4 Å². The Hall–Kier alpha value is -4.19. The molecule has 266 valence electrons. The number of hydrogen-bond acceptors (Lipinski definition) is 5. The second-order valence-electron chi connectivity index (χ2n) is 13.6. The second-order valence-corrected chi connectivity index (χ2v) is 13.6. The van der Waals surface area contributed by atoms with Crippen LogP contribution < -0.4 is 4.74 Å². The summed E-state index contributed by atoms with van der Waals surface area (Å²) in [6.45, 7) is 12.2. The highest BCUT2D eigenvalue weighted by atomic mass is 16.5. The van der Waals surface area contributed by atoms with Crippen LogP contribution in [0.2, 0.25) is 0 Å². The van der Waals surface area contributed by atoms with Crippen molar-refractivity contribution in [3.8, 4) is 39.1 Å². The van der Waals surface area contributed by atoms with Crippen LogP contribution in [0.3, 0.4) is 0 Å². The van der Waals surface area contributed by atoms with E-state index in [4.69, 9.17) is 9.47 Å². The summed E-state index contributed by atoms with van der Waals surface area (Å²) < 4.78 is 11.7. The van der Waals surface area contributed by atoms with Gasteiger partial charge in [-0.15, -0.1) is 0 Å². The Bertz CT molecular complexity index is 1670. The van der Waals surface area contributed by atoms with Gasteiger partial charge in [0.15, 0.2) is 0 Å². The number of hydrogen-bond donors (Lipinski definition) is 2. The predicted octanol–water partition coefficient (Wildman–Crippen LogP) is 10.2. The Morgan fingerprint density at radius 3 is 1.88 bits per heavy atom.